The second-order valence-electron chi connectivity index (χ2n) is 7.64. The molecule has 0 radical (unpaired) electrons. The molecule has 0 saturated carbocycles. The number of aromatic nitrogens is 3. The third-order valence-electron chi connectivity index (χ3n) is 5.57. The van der Waals surface area contributed by atoms with Gasteiger partial charge >= 0.3 is 5.63 Å². The first-order chi connectivity index (χ1) is 16.3. The summed E-state index contributed by atoms with van der Waals surface area (Å²) in [5, 5.41) is 9.10. The Bertz CT molecular complexity index is 1600. The first-order valence-electron chi connectivity index (χ1n) is 10.6. The topological polar surface area (TPSA) is 64.2 Å². The summed E-state index contributed by atoms with van der Waals surface area (Å²) < 4.78 is 7.28. The fourth-order valence-electron chi connectivity index (χ4n) is 4.02. The van der Waals surface area contributed by atoms with Crippen molar-refractivity contribution in [3.8, 4) is 5.69 Å². The van der Waals surface area contributed by atoms with Crippen molar-refractivity contribution in [1.82, 2.24) is 15.0 Å². The van der Waals surface area contributed by atoms with Gasteiger partial charge in [0, 0.05) is 28.5 Å². The number of para-hydroxylation sites is 3. The van der Waals surface area contributed by atoms with E-state index < -0.39 is 5.63 Å². The Hall–Kier alpha value is -4.71. The molecule has 0 N–H and O–H groups in total. The highest BCUT2D eigenvalue weighted by atomic mass is 16.4. The molecule has 0 aliphatic rings. The summed E-state index contributed by atoms with van der Waals surface area (Å²) in [7, 11) is 0. The van der Waals surface area contributed by atoms with Gasteiger partial charge in [-0.2, -0.15) is 0 Å². The zero-order valence-electron chi connectivity index (χ0n) is 17.5. The predicted octanol–water partition coefficient (Wildman–Crippen LogP) is 6.00. The van der Waals surface area contributed by atoms with Gasteiger partial charge < -0.3 is 9.32 Å². The van der Waals surface area contributed by atoms with Crippen molar-refractivity contribution in [2.24, 2.45) is 0 Å². The highest BCUT2D eigenvalue weighted by Crippen LogP contribution is 2.35. The normalized spacial score (nSPS) is 11.2. The molecule has 0 amide bonds. The molecule has 0 aliphatic carbocycles. The molecule has 0 aliphatic heterocycles. The molecule has 0 bridgehead atoms. The molecule has 4 aromatic carbocycles. The summed E-state index contributed by atoms with van der Waals surface area (Å²) in [6.45, 7) is 0. The number of hydrogen-bond acceptors (Lipinski definition) is 5. The third-order valence-corrected chi connectivity index (χ3v) is 5.57. The first-order valence-corrected chi connectivity index (χ1v) is 10.6. The monoisotopic (exact) mass is 430 g/mol. The second-order valence-corrected chi connectivity index (χ2v) is 7.64. The van der Waals surface area contributed by atoms with Crippen LogP contribution < -0.4 is 10.5 Å². The van der Waals surface area contributed by atoms with Crippen LogP contribution in [-0.4, -0.2) is 15.0 Å². The lowest BCUT2D eigenvalue weighted by atomic mass is 10.1. The van der Waals surface area contributed by atoms with Crippen LogP contribution in [0.4, 0.5) is 17.1 Å². The van der Waals surface area contributed by atoms with Crippen LogP contribution in [0.25, 0.3) is 27.7 Å². The Kier molecular flexibility index (Phi) is 4.47. The number of fused-ring (bicyclic) bond motifs is 2. The van der Waals surface area contributed by atoms with Crippen molar-refractivity contribution >= 4 is 39.1 Å². The number of nitrogens with zero attached hydrogens (tertiary/aromatic N) is 4. The van der Waals surface area contributed by atoms with Gasteiger partial charge in [-0.05, 0) is 54.6 Å². The second kappa shape index (κ2) is 7.76. The summed E-state index contributed by atoms with van der Waals surface area (Å²) in [6, 6.07) is 35.3. The van der Waals surface area contributed by atoms with Crippen LogP contribution in [0.5, 0.6) is 0 Å². The van der Waals surface area contributed by atoms with Crippen molar-refractivity contribution < 1.29 is 4.42 Å². The Morgan fingerprint density at radius 1 is 0.697 bits per heavy atom. The molecule has 0 saturated heterocycles. The Labute approximate surface area is 188 Å². The highest BCUT2D eigenvalue weighted by molar-refractivity contribution is 5.87. The van der Waals surface area contributed by atoms with Gasteiger partial charge in [0.2, 0.25) is 0 Å². The maximum Gasteiger partial charge on any atom is 0.362 e. The van der Waals surface area contributed by atoms with Crippen molar-refractivity contribution in [2.45, 2.75) is 0 Å². The van der Waals surface area contributed by atoms with Crippen molar-refractivity contribution in [3.05, 3.63) is 120 Å². The van der Waals surface area contributed by atoms with Crippen LogP contribution in [0.2, 0.25) is 0 Å². The minimum Gasteiger partial charge on any atom is -0.421 e. The molecule has 6 nitrogen and oxygen atoms in total. The van der Waals surface area contributed by atoms with Crippen molar-refractivity contribution in [2.75, 3.05) is 4.90 Å². The molecule has 6 rings (SSSR count). The summed E-state index contributed by atoms with van der Waals surface area (Å²) in [5.74, 6) is 0. The maximum atomic E-state index is 12.9. The van der Waals surface area contributed by atoms with E-state index in [-0.39, 0.29) is 0 Å². The van der Waals surface area contributed by atoms with E-state index in [1.54, 1.807) is 6.07 Å². The Balaban J connectivity index is 1.50. The van der Waals surface area contributed by atoms with Crippen LogP contribution in [0.3, 0.4) is 0 Å². The van der Waals surface area contributed by atoms with E-state index in [9.17, 15) is 4.79 Å². The lowest BCUT2D eigenvalue weighted by molar-refractivity contribution is 0.552. The number of hydrogen-bond donors (Lipinski definition) is 0. The Morgan fingerprint density at radius 2 is 1.36 bits per heavy atom. The van der Waals surface area contributed by atoms with E-state index in [1.807, 2.05) is 103 Å². The molecule has 2 heterocycles. The van der Waals surface area contributed by atoms with Gasteiger partial charge in [-0.3, -0.25) is 0 Å². The summed E-state index contributed by atoms with van der Waals surface area (Å²) >= 11 is 0. The van der Waals surface area contributed by atoms with E-state index >= 15 is 0 Å². The van der Waals surface area contributed by atoms with Gasteiger partial charge in [0.05, 0.1) is 5.52 Å². The average Bonchev–Trinajstić information content (AvgIpc) is 3.29. The van der Waals surface area contributed by atoms with E-state index in [1.165, 1.54) is 4.68 Å². The molecule has 33 heavy (non-hydrogen) atoms. The first kappa shape index (κ1) is 19.0. The molecule has 0 unspecified atom stereocenters. The zero-order chi connectivity index (χ0) is 22.2. The van der Waals surface area contributed by atoms with E-state index in [0.29, 0.717) is 16.8 Å². The number of benzene rings is 4. The maximum absolute atomic E-state index is 12.9. The zero-order valence-corrected chi connectivity index (χ0v) is 17.5. The quantitative estimate of drug-likeness (QED) is 0.321. The van der Waals surface area contributed by atoms with Crippen LogP contribution in [0, 0.1) is 0 Å². The molecular weight excluding hydrogens is 412 g/mol. The molecule has 6 aromatic rings. The van der Waals surface area contributed by atoms with E-state index in [2.05, 4.69) is 15.2 Å². The number of anilines is 3. The SMILES string of the molecule is O=c1oc2cc(N(c3ccccc3)c3ccccc3)ccc2cc1-n1nnc2ccccc21. The fraction of sp³-hybridized carbons (Fsp3) is 0. The van der Waals surface area contributed by atoms with Crippen LogP contribution in [0.1, 0.15) is 0 Å². The molecule has 0 fully saturated rings. The molecular formula is C27H18N4O2. The molecule has 0 spiro atoms. The van der Waals surface area contributed by atoms with Gasteiger partial charge in [0.15, 0.2) is 5.69 Å². The molecule has 2 aromatic heterocycles. The van der Waals surface area contributed by atoms with Gasteiger partial charge in [-0.25, -0.2) is 9.48 Å². The van der Waals surface area contributed by atoms with E-state index in [4.69, 9.17) is 4.42 Å². The fourth-order valence-corrected chi connectivity index (χ4v) is 4.02. The van der Waals surface area contributed by atoms with Crippen molar-refractivity contribution in [3.63, 3.8) is 0 Å². The molecule has 6 heteroatoms. The van der Waals surface area contributed by atoms with Gasteiger partial charge in [0.1, 0.15) is 11.1 Å². The largest absolute Gasteiger partial charge is 0.421 e. The van der Waals surface area contributed by atoms with Gasteiger partial charge in [-0.15, -0.1) is 5.10 Å². The van der Waals surface area contributed by atoms with Crippen LogP contribution in [-0.2, 0) is 0 Å². The highest BCUT2D eigenvalue weighted by Gasteiger charge is 2.16. The average molecular weight is 430 g/mol. The third kappa shape index (κ3) is 3.34. The van der Waals surface area contributed by atoms with Gasteiger partial charge in [0.25, 0.3) is 0 Å². The Morgan fingerprint density at radius 3 is 2.09 bits per heavy atom. The lowest BCUT2D eigenvalue weighted by Crippen LogP contribution is -2.12. The standard InChI is InChI=1S/C27H18N4O2/c32-27-25(31-24-14-8-7-13-23(24)28-29-31)17-19-15-16-22(18-26(19)33-27)30(20-9-3-1-4-10-20)21-11-5-2-6-12-21/h1-18H. The summed E-state index contributed by atoms with van der Waals surface area (Å²) in [5.41, 5.74) is 4.73. The minimum absolute atomic E-state index is 0.326. The van der Waals surface area contributed by atoms with Crippen LogP contribution >= 0.6 is 0 Å². The minimum atomic E-state index is -0.471. The van der Waals surface area contributed by atoms with Crippen molar-refractivity contribution in [1.29, 1.82) is 0 Å². The molecule has 158 valence electrons. The van der Waals surface area contributed by atoms with Crippen LogP contribution in [0.15, 0.2) is 118 Å². The summed E-state index contributed by atoms with van der Waals surface area (Å²) in [4.78, 5) is 15.1. The lowest BCUT2D eigenvalue weighted by Gasteiger charge is -2.25. The van der Waals surface area contributed by atoms with E-state index in [0.717, 1.165) is 28.0 Å². The summed E-state index contributed by atoms with van der Waals surface area (Å²) in [6.07, 6.45) is 0. The predicted molar refractivity (Wildman–Crippen MR) is 130 cm³/mol. The molecule has 0 atom stereocenters. The smallest absolute Gasteiger partial charge is 0.362 e. The number of rotatable bonds is 4. The van der Waals surface area contributed by atoms with Gasteiger partial charge in [-0.1, -0.05) is 53.7 Å².